The van der Waals surface area contributed by atoms with Crippen LogP contribution in [0.1, 0.15) is 12.8 Å². The summed E-state index contributed by atoms with van der Waals surface area (Å²) in [6, 6.07) is 1.46. The van der Waals surface area contributed by atoms with E-state index in [-0.39, 0.29) is 17.6 Å². The van der Waals surface area contributed by atoms with Crippen LogP contribution in [-0.2, 0) is 11.8 Å². The second kappa shape index (κ2) is 4.44. The van der Waals surface area contributed by atoms with Gasteiger partial charge in [0.1, 0.15) is 5.82 Å². The van der Waals surface area contributed by atoms with E-state index in [9.17, 15) is 9.59 Å². The monoisotopic (exact) mass is 222 g/mol. The van der Waals surface area contributed by atoms with E-state index < -0.39 is 0 Å². The number of nitrogens with one attached hydrogen (secondary N) is 2. The minimum absolute atomic E-state index is 0.0984. The van der Waals surface area contributed by atoms with Gasteiger partial charge in [-0.25, -0.2) is 9.78 Å². The first kappa shape index (κ1) is 10.8. The van der Waals surface area contributed by atoms with Crippen molar-refractivity contribution < 1.29 is 4.79 Å². The van der Waals surface area contributed by atoms with E-state index in [4.69, 9.17) is 0 Å². The largest absolute Gasteiger partial charge is 0.348 e. The van der Waals surface area contributed by atoms with E-state index in [1.54, 1.807) is 13.1 Å². The van der Waals surface area contributed by atoms with Crippen LogP contribution in [0.15, 0.2) is 17.1 Å². The molecule has 6 nitrogen and oxygen atoms in total. The van der Waals surface area contributed by atoms with Crippen molar-refractivity contribution >= 4 is 11.7 Å². The third-order valence-electron chi connectivity index (χ3n) is 2.69. The Morgan fingerprint density at radius 1 is 1.69 bits per heavy atom. The van der Waals surface area contributed by atoms with Gasteiger partial charge in [0, 0.05) is 13.2 Å². The summed E-state index contributed by atoms with van der Waals surface area (Å²) in [5.41, 5.74) is -0.378. The number of rotatable bonds is 2. The molecule has 1 aromatic heterocycles. The second-order valence-electron chi connectivity index (χ2n) is 3.81. The molecule has 1 amide bonds. The standard InChI is InChI=1S/C10H14N4O2/c1-14-8(4-6-12-10(14)16)13-9(15)7-3-2-5-11-7/h4,6-7,11H,2-3,5H2,1H3,(H,13,15). The van der Waals surface area contributed by atoms with Crippen molar-refractivity contribution in [2.45, 2.75) is 18.9 Å². The Hall–Kier alpha value is -1.69. The lowest BCUT2D eigenvalue weighted by Crippen LogP contribution is -2.37. The number of anilines is 1. The smallest absolute Gasteiger partial charge is 0.311 e. The highest BCUT2D eigenvalue weighted by atomic mass is 16.2. The van der Waals surface area contributed by atoms with Crippen LogP contribution in [0.5, 0.6) is 0 Å². The van der Waals surface area contributed by atoms with Gasteiger partial charge in [-0.2, -0.15) is 0 Å². The highest BCUT2D eigenvalue weighted by Crippen LogP contribution is 2.08. The Labute approximate surface area is 92.7 Å². The predicted octanol–water partition coefficient (Wildman–Crippen LogP) is -0.529. The molecule has 1 aromatic rings. The quantitative estimate of drug-likeness (QED) is 0.705. The molecular formula is C10H14N4O2. The van der Waals surface area contributed by atoms with Gasteiger partial charge in [0.25, 0.3) is 0 Å². The molecule has 2 rings (SSSR count). The van der Waals surface area contributed by atoms with Gasteiger partial charge in [0.05, 0.1) is 6.04 Å². The lowest BCUT2D eigenvalue weighted by atomic mass is 10.2. The summed E-state index contributed by atoms with van der Waals surface area (Å²) >= 11 is 0. The number of hydrogen-bond donors (Lipinski definition) is 2. The Bertz CT molecular complexity index is 448. The first-order valence-corrected chi connectivity index (χ1v) is 5.25. The van der Waals surface area contributed by atoms with Crippen LogP contribution in [0.3, 0.4) is 0 Å². The molecule has 2 N–H and O–H groups in total. The molecule has 0 aliphatic carbocycles. The van der Waals surface area contributed by atoms with Crippen LogP contribution in [-0.4, -0.2) is 28.0 Å². The molecule has 1 fully saturated rings. The molecule has 6 heteroatoms. The normalized spacial score (nSPS) is 19.7. The van der Waals surface area contributed by atoms with Gasteiger partial charge in [0.2, 0.25) is 5.91 Å². The van der Waals surface area contributed by atoms with Crippen LogP contribution in [0.4, 0.5) is 5.82 Å². The fraction of sp³-hybridized carbons (Fsp3) is 0.500. The van der Waals surface area contributed by atoms with Gasteiger partial charge in [0.15, 0.2) is 0 Å². The number of hydrogen-bond acceptors (Lipinski definition) is 4. The highest BCUT2D eigenvalue weighted by molar-refractivity contribution is 5.94. The minimum Gasteiger partial charge on any atom is -0.311 e. The molecule has 0 bridgehead atoms. The van der Waals surface area contributed by atoms with Crippen molar-refractivity contribution in [1.29, 1.82) is 0 Å². The van der Waals surface area contributed by atoms with Crippen molar-refractivity contribution in [2.24, 2.45) is 7.05 Å². The molecule has 0 saturated carbocycles. The van der Waals surface area contributed by atoms with Gasteiger partial charge in [-0.05, 0) is 25.5 Å². The summed E-state index contributed by atoms with van der Waals surface area (Å²) in [4.78, 5) is 26.6. The number of carbonyl (C=O) groups excluding carboxylic acids is 1. The van der Waals surface area contributed by atoms with Crippen LogP contribution >= 0.6 is 0 Å². The molecule has 1 aliphatic heterocycles. The van der Waals surface area contributed by atoms with Crippen LogP contribution in [0, 0.1) is 0 Å². The summed E-state index contributed by atoms with van der Waals surface area (Å²) in [6.07, 6.45) is 3.23. The fourth-order valence-electron chi connectivity index (χ4n) is 1.72. The Kier molecular flexibility index (Phi) is 3.00. The Morgan fingerprint density at radius 2 is 2.50 bits per heavy atom. The van der Waals surface area contributed by atoms with Crippen LogP contribution < -0.4 is 16.3 Å². The zero-order chi connectivity index (χ0) is 11.5. The third-order valence-corrected chi connectivity index (χ3v) is 2.69. The summed E-state index contributed by atoms with van der Waals surface area (Å²) in [7, 11) is 1.58. The Morgan fingerprint density at radius 3 is 3.19 bits per heavy atom. The summed E-state index contributed by atoms with van der Waals surface area (Å²) < 4.78 is 1.31. The molecular weight excluding hydrogens is 208 g/mol. The van der Waals surface area contributed by atoms with Crippen molar-refractivity contribution in [1.82, 2.24) is 14.9 Å². The fourth-order valence-corrected chi connectivity index (χ4v) is 1.72. The van der Waals surface area contributed by atoms with Gasteiger partial charge < -0.3 is 10.6 Å². The molecule has 1 aliphatic rings. The van der Waals surface area contributed by atoms with E-state index in [2.05, 4.69) is 15.6 Å². The lowest BCUT2D eigenvalue weighted by molar-refractivity contribution is -0.117. The van der Waals surface area contributed by atoms with E-state index >= 15 is 0 Å². The average molecular weight is 222 g/mol. The van der Waals surface area contributed by atoms with Gasteiger partial charge in [-0.15, -0.1) is 0 Å². The van der Waals surface area contributed by atoms with Crippen molar-refractivity contribution in [3.8, 4) is 0 Å². The molecule has 2 heterocycles. The molecule has 1 atom stereocenters. The summed E-state index contributed by atoms with van der Waals surface area (Å²) in [6.45, 7) is 0.868. The minimum atomic E-state index is -0.378. The van der Waals surface area contributed by atoms with E-state index in [1.807, 2.05) is 0 Å². The number of carbonyl (C=O) groups is 1. The van der Waals surface area contributed by atoms with E-state index in [0.29, 0.717) is 5.82 Å². The van der Waals surface area contributed by atoms with Gasteiger partial charge in [-0.3, -0.25) is 9.36 Å². The SMILES string of the molecule is Cn1c(NC(=O)C2CCCN2)ccnc1=O. The van der Waals surface area contributed by atoms with Crippen molar-refractivity contribution in [3.63, 3.8) is 0 Å². The highest BCUT2D eigenvalue weighted by Gasteiger charge is 2.22. The molecule has 1 saturated heterocycles. The lowest BCUT2D eigenvalue weighted by Gasteiger charge is -2.12. The van der Waals surface area contributed by atoms with Gasteiger partial charge >= 0.3 is 5.69 Å². The van der Waals surface area contributed by atoms with Crippen LogP contribution in [0.2, 0.25) is 0 Å². The molecule has 0 spiro atoms. The number of nitrogens with zero attached hydrogens (tertiary/aromatic N) is 2. The number of aromatic nitrogens is 2. The van der Waals surface area contributed by atoms with Gasteiger partial charge in [-0.1, -0.05) is 0 Å². The predicted molar refractivity (Wildman–Crippen MR) is 59.1 cm³/mol. The Balaban J connectivity index is 2.11. The molecule has 0 aromatic carbocycles. The first-order valence-electron chi connectivity index (χ1n) is 5.25. The maximum atomic E-state index is 11.8. The molecule has 0 radical (unpaired) electrons. The summed E-state index contributed by atoms with van der Waals surface area (Å²) in [5, 5.41) is 5.81. The zero-order valence-corrected chi connectivity index (χ0v) is 9.06. The second-order valence-corrected chi connectivity index (χ2v) is 3.81. The van der Waals surface area contributed by atoms with Crippen LogP contribution in [0.25, 0.3) is 0 Å². The zero-order valence-electron chi connectivity index (χ0n) is 9.06. The summed E-state index contributed by atoms with van der Waals surface area (Å²) in [5.74, 6) is 0.373. The van der Waals surface area contributed by atoms with Crippen molar-refractivity contribution in [2.75, 3.05) is 11.9 Å². The van der Waals surface area contributed by atoms with E-state index in [1.165, 1.54) is 10.8 Å². The maximum absolute atomic E-state index is 11.8. The third kappa shape index (κ3) is 2.11. The maximum Gasteiger partial charge on any atom is 0.348 e. The molecule has 86 valence electrons. The molecule has 16 heavy (non-hydrogen) atoms. The molecule has 1 unspecified atom stereocenters. The number of amides is 1. The van der Waals surface area contributed by atoms with E-state index in [0.717, 1.165) is 19.4 Å². The first-order chi connectivity index (χ1) is 7.68. The van der Waals surface area contributed by atoms with Crippen molar-refractivity contribution in [3.05, 3.63) is 22.7 Å². The average Bonchev–Trinajstić information content (AvgIpc) is 2.78. The topological polar surface area (TPSA) is 76.0 Å².